The van der Waals surface area contributed by atoms with E-state index in [4.69, 9.17) is 0 Å². The van der Waals surface area contributed by atoms with Gasteiger partial charge in [-0.25, -0.2) is 9.37 Å². The smallest absolute Gasteiger partial charge is 0.173 e. The number of nitrogens with zero attached hydrogens (tertiary/aromatic N) is 2. The summed E-state index contributed by atoms with van der Waals surface area (Å²) in [7, 11) is 1.85. The van der Waals surface area contributed by atoms with Crippen LogP contribution in [-0.4, -0.2) is 16.4 Å². The number of halogens is 1. The molecule has 1 atom stereocenters. The summed E-state index contributed by atoms with van der Waals surface area (Å²) in [5, 5.41) is 3.06. The first kappa shape index (κ1) is 9.15. The third-order valence-electron chi connectivity index (χ3n) is 2.33. The summed E-state index contributed by atoms with van der Waals surface area (Å²) in [4.78, 5) is 4.21. The summed E-state index contributed by atoms with van der Waals surface area (Å²) in [5.74, 6) is -0.290. The normalized spacial score (nSPS) is 13.4. The highest BCUT2D eigenvalue weighted by atomic mass is 19.1. The quantitative estimate of drug-likeness (QED) is 0.787. The molecule has 0 spiro atoms. The molecule has 0 bridgehead atoms. The van der Waals surface area contributed by atoms with Crippen LogP contribution in [0, 0.1) is 5.82 Å². The van der Waals surface area contributed by atoms with Crippen molar-refractivity contribution in [2.45, 2.75) is 13.0 Å². The van der Waals surface area contributed by atoms with E-state index < -0.39 is 0 Å². The third-order valence-corrected chi connectivity index (χ3v) is 2.33. The Balaban J connectivity index is 2.56. The average molecular weight is 193 g/mol. The van der Waals surface area contributed by atoms with E-state index in [0.717, 1.165) is 5.69 Å². The molecular weight excluding hydrogens is 181 g/mol. The molecule has 0 aliphatic rings. The Morgan fingerprint density at radius 1 is 1.57 bits per heavy atom. The molecule has 0 fully saturated rings. The number of nitrogens with one attached hydrogen (secondary N) is 1. The van der Waals surface area contributed by atoms with Crippen LogP contribution in [0.3, 0.4) is 0 Å². The standard InChI is InChI=1S/C10H12FN3/c1-7(12-2)9-6-14-5-3-4-8(11)10(14)13-9/h3-7,12H,1-2H3. The van der Waals surface area contributed by atoms with Crippen LogP contribution in [0.4, 0.5) is 4.39 Å². The molecule has 3 nitrogen and oxygen atoms in total. The van der Waals surface area contributed by atoms with Crippen molar-refractivity contribution in [3.8, 4) is 0 Å². The molecular formula is C10H12FN3. The third kappa shape index (κ3) is 1.37. The van der Waals surface area contributed by atoms with Crippen molar-refractivity contribution in [3.63, 3.8) is 0 Å². The number of aromatic nitrogens is 2. The van der Waals surface area contributed by atoms with Gasteiger partial charge >= 0.3 is 0 Å². The molecule has 2 aromatic heterocycles. The van der Waals surface area contributed by atoms with Gasteiger partial charge in [-0.2, -0.15) is 0 Å². The number of rotatable bonds is 2. The van der Waals surface area contributed by atoms with Gasteiger partial charge in [0.05, 0.1) is 5.69 Å². The Morgan fingerprint density at radius 3 is 3.00 bits per heavy atom. The van der Waals surface area contributed by atoms with Crippen LogP contribution >= 0.6 is 0 Å². The fraction of sp³-hybridized carbons (Fsp3) is 0.300. The van der Waals surface area contributed by atoms with Crippen molar-refractivity contribution >= 4 is 5.65 Å². The Bertz CT molecular complexity index is 450. The molecule has 1 N–H and O–H groups in total. The lowest BCUT2D eigenvalue weighted by Crippen LogP contribution is -2.12. The molecule has 2 aromatic rings. The van der Waals surface area contributed by atoms with Gasteiger partial charge in [-0.3, -0.25) is 0 Å². The summed E-state index contributed by atoms with van der Waals surface area (Å²) in [6.45, 7) is 1.99. The van der Waals surface area contributed by atoms with Gasteiger partial charge in [0.2, 0.25) is 0 Å². The first-order valence-corrected chi connectivity index (χ1v) is 4.52. The van der Waals surface area contributed by atoms with Crippen molar-refractivity contribution in [2.75, 3.05) is 7.05 Å². The second-order valence-electron chi connectivity index (χ2n) is 3.26. The zero-order valence-electron chi connectivity index (χ0n) is 8.16. The first-order chi connectivity index (χ1) is 6.72. The number of hydrogen-bond donors (Lipinski definition) is 1. The summed E-state index contributed by atoms with van der Waals surface area (Å²) in [6, 6.07) is 3.21. The molecule has 0 aliphatic carbocycles. The van der Waals surface area contributed by atoms with Crippen LogP contribution in [0.15, 0.2) is 24.5 Å². The second-order valence-corrected chi connectivity index (χ2v) is 3.26. The van der Waals surface area contributed by atoms with Gasteiger partial charge in [-0.05, 0) is 26.1 Å². The first-order valence-electron chi connectivity index (χ1n) is 4.52. The minimum absolute atomic E-state index is 0.134. The minimum Gasteiger partial charge on any atom is -0.312 e. The van der Waals surface area contributed by atoms with Crippen molar-refractivity contribution in [1.82, 2.24) is 14.7 Å². The van der Waals surface area contributed by atoms with E-state index >= 15 is 0 Å². The van der Waals surface area contributed by atoms with E-state index in [2.05, 4.69) is 10.3 Å². The van der Waals surface area contributed by atoms with Gasteiger partial charge < -0.3 is 9.72 Å². The van der Waals surface area contributed by atoms with Crippen molar-refractivity contribution in [3.05, 3.63) is 36.0 Å². The number of fused-ring (bicyclic) bond motifs is 1. The molecule has 0 amide bonds. The Hall–Kier alpha value is -1.42. The van der Waals surface area contributed by atoms with E-state index in [9.17, 15) is 4.39 Å². The van der Waals surface area contributed by atoms with Gasteiger partial charge in [0.15, 0.2) is 11.5 Å². The van der Waals surface area contributed by atoms with Gasteiger partial charge in [-0.15, -0.1) is 0 Å². The Kier molecular flexibility index (Phi) is 2.21. The number of pyridine rings is 1. The Morgan fingerprint density at radius 2 is 2.36 bits per heavy atom. The lowest BCUT2D eigenvalue weighted by Gasteiger charge is -2.03. The fourth-order valence-corrected chi connectivity index (χ4v) is 1.35. The average Bonchev–Trinajstić information content (AvgIpc) is 2.62. The molecule has 0 saturated carbocycles. The van der Waals surface area contributed by atoms with Crippen LogP contribution in [0.5, 0.6) is 0 Å². The minimum atomic E-state index is -0.290. The van der Waals surface area contributed by atoms with E-state index in [0.29, 0.717) is 5.65 Å². The van der Waals surface area contributed by atoms with Gasteiger partial charge in [0.25, 0.3) is 0 Å². The number of hydrogen-bond acceptors (Lipinski definition) is 2. The predicted octanol–water partition coefficient (Wildman–Crippen LogP) is 1.75. The SMILES string of the molecule is CNC(C)c1cn2cccc(F)c2n1. The van der Waals surface area contributed by atoms with Crippen LogP contribution in [-0.2, 0) is 0 Å². The second kappa shape index (κ2) is 3.38. The van der Waals surface area contributed by atoms with Gasteiger partial charge in [0.1, 0.15) is 0 Å². The van der Waals surface area contributed by atoms with Crippen molar-refractivity contribution in [2.24, 2.45) is 0 Å². The molecule has 14 heavy (non-hydrogen) atoms. The summed E-state index contributed by atoms with van der Waals surface area (Å²) >= 11 is 0. The van der Waals surface area contributed by atoms with E-state index in [1.54, 1.807) is 16.7 Å². The van der Waals surface area contributed by atoms with Gasteiger partial charge in [0, 0.05) is 18.4 Å². The van der Waals surface area contributed by atoms with Crippen LogP contribution < -0.4 is 5.32 Å². The maximum Gasteiger partial charge on any atom is 0.173 e. The summed E-state index contributed by atoms with van der Waals surface area (Å²) in [6.07, 6.45) is 3.62. The van der Waals surface area contributed by atoms with Crippen molar-refractivity contribution < 1.29 is 4.39 Å². The van der Waals surface area contributed by atoms with Crippen LogP contribution in [0.25, 0.3) is 5.65 Å². The molecule has 2 rings (SSSR count). The molecule has 74 valence electrons. The maximum absolute atomic E-state index is 13.3. The zero-order valence-corrected chi connectivity index (χ0v) is 8.16. The molecule has 2 heterocycles. The summed E-state index contributed by atoms with van der Waals surface area (Å²) in [5.41, 5.74) is 1.22. The molecule has 1 unspecified atom stereocenters. The van der Waals surface area contributed by atoms with E-state index in [1.165, 1.54) is 6.07 Å². The molecule has 0 saturated heterocycles. The predicted molar refractivity (Wildman–Crippen MR) is 52.6 cm³/mol. The molecule has 0 aliphatic heterocycles. The summed E-state index contributed by atoms with van der Waals surface area (Å²) < 4.78 is 15.0. The molecule has 0 aromatic carbocycles. The zero-order chi connectivity index (χ0) is 10.1. The van der Waals surface area contributed by atoms with Crippen LogP contribution in [0.1, 0.15) is 18.7 Å². The number of imidazole rings is 1. The highest BCUT2D eigenvalue weighted by Gasteiger charge is 2.09. The van der Waals surface area contributed by atoms with E-state index in [-0.39, 0.29) is 11.9 Å². The fourth-order valence-electron chi connectivity index (χ4n) is 1.35. The lowest BCUT2D eigenvalue weighted by molar-refractivity contribution is 0.625. The molecule has 0 radical (unpaired) electrons. The maximum atomic E-state index is 13.3. The Labute approximate surface area is 81.6 Å². The van der Waals surface area contributed by atoms with Crippen molar-refractivity contribution in [1.29, 1.82) is 0 Å². The monoisotopic (exact) mass is 193 g/mol. The largest absolute Gasteiger partial charge is 0.312 e. The van der Waals surface area contributed by atoms with E-state index in [1.807, 2.05) is 20.2 Å². The highest BCUT2D eigenvalue weighted by Crippen LogP contribution is 2.14. The highest BCUT2D eigenvalue weighted by molar-refractivity contribution is 5.41. The molecule has 4 heteroatoms. The van der Waals surface area contributed by atoms with Gasteiger partial charge in [-0.1, -0.05) is 0 Å². The van der Waals surface area contributed by atoms with Crippen LogP contribution in [0.2, 0.25) is 0 Å². The topological polar surface area (TPSA) is 29.3 Å². The lowest BCUT2D eigenvalue weighted by atomic mass is 10.3.